The Bertz CT molecular complexity index is 941. The van der Waals surface area contributed by atoms with Crippen molar-refractivity contribution in [2.45, 2.75) is 20.0 Å². The Labute approximate surface area is 162 Å². The average molecular weight is 382 g/mol. The molecule has 2 aromatic heterocycles. The Hall–Kier alpha value is -3.55. The van der Waals surface area contributed by atoms with Crippen LogP contribution in [0.2, 0.25) is 0 Å². The normalized spacial score (nSPS) is 10.4. The summed E-state index contributed by atoms with van der Waals surface area (Å²) >= 11 is 0. The highest BCUT2D eigenvalue weighted by molar-refractivity contribution is 5.92. The molecule has 0 fully saturated rings. The smallest absolute Gasteiger partial charge is 0.270 e. The van der Waals surface area contributed by atoms with Gasteiger partial charge in [-0.3, -0.25) is 4.79 Å². The summed E-state index contributed by atoms with van der Waals surface area (Å²) in [7, 11) is 3.18. The van der Waals surface area contributed by atoms with Gasteiger partial charge in [0.05, 0.1) is 27.0 Å². The molecule has 2 heterocycles. The number of amides is 1. The van der Waals surface area contributed by atoms with E-state index in [1.54, 1.807) is 38.7 Å². The van der Waals surface area contributed by atoms with Crippen LogP contribution in [0.5, 0.6) is 11.5 Å². The summed E-state index contributed by atoms with van der Waals surface area (Å²) in [6.07, 6.45) is 1.56. The lowest BCUT2D eigenvalue weighted by Crippen LogP contribution is -2.24. The van der Waals surface area contributed by atoms with Crippen LogP contribution < -0.4 is 20.1 Å². The van der Waals surface area contributed by atoms with E-state index in [1.807, 2.05) is 25.1 Å². The standard InChI is InChI=1S/C20H22N4O4/c1-13-9-16(19(25)21-12-15-5-4-8-28-15)24-20(23-13)22-11-14-6-7-17(26-2)18(10-14)27-3/h4-10H,11-12H2,1-3H3,(H,21,25)(H,22,23,24). The van der Waals surface area contributed by atoms with Crippen LogP contribution in [0.15, 0.2) is 47.1 Å². The van der Waals surface area contributed by atoms with Crippen molar-refractivity contribution in [1.29, 1.82) is 0 Å². The predicted octanol–water partition coefficient (Wildman–Crippen LogP) is 2.94. The van der Waals surface area contributed by atoms with Crippen molar-refractivity contribution in [2.75, 3.05) is 19.5 Å². The average Bonchev–Trinajstić information content (AvgIpc) is 3.23. The maximum atomic E-state index is 12.4. The molecule has 0 saturated carbocycles. The first kappa shape index (κ1) is 19.2. The molecule has 0 aliphatic carbocycles. The zero-order valence-electron chi connectivity index (χ0n) is 16.0. The number of ether oxygens (including phenoxy) is 2. The third-order valence-electron chi connectivity index (χ3n) is 3.99. The van der Waals surface area contributed by atoms with Gasteiger partial charge in [-0.2, -0.15) is 0 Å². The number of anilines is 1. The maximum Gasteiger partial charge on any atom is 0.270 e. The second-order valence-corrected chi connectivity index (χ2v) is 6.02. The van der Waals surface area contributed by atoms with E-state index in [-0.39, 0.29) is 11.6 Å². The van der Waals surface area contributed by atoms with Crippen molar-refractivity contribution >= 4 is 11.9 Å². The minimum absolute atomic E-state index is 0.286. The molecule has 0 atom stereocenters. The number of nitrogens with zero attached hydrogens (tertiary/aromatic N) is 2. The fraction of sp³-hybridized carbons (Fsp3) is 0.250. The van der Waals surface area contributed by atoms with Crippen LogP contribution in [0.25, 0.3) is 0 Å². The summed E-state index contributed by atoms with van der Waals surface area (Å²) in [4.78, 5) is 21.0. The van der Waals surface area contributed by atoms with Crippen LogP contribution in [0.4, 0.5) is 5.95 Å². The lowest BCUT2D eigenvalue weighted by molar-refractivity contribution is 0.0943. The van der Waals surface area contributed by atoms with E-state index < -0.39 is 0 Å². The molecule has 0 saturated heterocycles. The Morgan fingerprint density at radius 3 is 2.61 bits per heavy atom. The van der Waals surface area contributed by atoms with Crippen molar-refractivity contribution in [2.24, 2.45) is 0 Å². The van der Waals surface area contributed by atoms with Crippen molar-refractivity contribution in [3.8, 4) is 11.5 Å². The molecule has 0 bridgehead atoms. The van der Waals surface area contributed by atoms with E-state index in [0.717, 1.165) is 5.56 Å². The predicted molar refractivity (Wildman–Crippen MR) is 104 cm³/mol. The SMILES string of the molecule is COc1ccc(CNc2nc(C)cc(C(=O)NCc3ccco3)n2)cc1OC. The quantitative estimate of drug-likeness (QED) is 0.618. The van der Waals surface area contributed by atoms with Crippen LogP contribution >= 0.6 is 0 Å². The van der Waals surface area contributed by atoms with E-state index in [0.29, 0.717) is 42.0 Å². The number of carbonyl (C=O) groups excluding carboxylic acids is 1. The number of carbonyl (C=O) groups is 1. The van der Waals surface area contributed by atoms with Gasteiger partial charge in [0.25, 0.3) is 5.91 Å². The molecule has 3 aromatic rings. The molecule has 146 valence electrons. The van der Waals surface area contributed by atoms with Crippen LogP contribution in [0.1, 0.15) is 27.5 Å². The summed E-state index contributed by atoms with van der Waals surface area (Å²) in [5.74, 6) is 2.05. The van der Waals surface area contributed by atoms with Crippen LogP contribution in [0, 0.1) is 6.92 Å². The fourth-order valence-electron chi connectivity index (χ4n) is 2.61. The summed E-state index contributed by atoms with van der Waals surface area (Å²) in [6, 6.07) is 10.8. The van der Waals surface area contributed by atoms with Crippen molar-refractivity contribution in [3.05, 3.63) is 65.4 Å². The van der Waals surface area contributed by atoms with E-state index in [4.69, 9.17) is 13.9 Å². The van der Waals surface area contributed by atoms with Gasteiger partial charge < -0.3 is 24.5 Å². The summed E-state index contributed by atoms with van der Waals surface area (Å²) in [5, 5.41) is 5.91. The molecule has 0 aliphatic rings. The number of aromatic nitrogens is 2. The van der Waals surface area contributed by atoms with Gasteiger partial charge in [0.1, 0.15) is 11.5 Å². The van der Waals surface area contributed by atoms with Gasteiger partial charge in [0.15, 0.2) is 11.5 Å². The van der Waals surface area contributed by atoms with Crippen LogP contribution in [-0.2, 0) is 13.1 Å². The number of furan rings is 1. The molecule has 8 nitrogen and oxygen atoms in total. The molecule has 0 aliphatic heterocycles. The molecule has 1 amide bonds. The van der Waals surface area contributed by atoms with Gasteiger partial charge >= 0.3 is 0 Å². The highest BCUT2D eigenvalue weighted by Gasteiger charge is 2.11. The van der Waals surface area contributed by atoms with Gasteiger partial charge in [-0.1, -0.05) is 6.07 Å². The van der Waals surface area contributed by atoms with Gasteiger partial charge in [0.2, 0.25) is 5.95 Å². The Morgan fingerprint density at radius 2 is 1.89 bits per heavy atom. The third-order valence-corrected chi connectivity index (χ3v) is 3.99. The second kappa shape index (κ2) is 8.90. The third kappa shape index (κ3) is 4.79. The number of methoxy groups -OCH3 is 2. The molecule has 8 heteroatoms. The molecule has 0 spiro atoms. The first-order valence-corrected chi connectivity index (χ1v) is 8.70. The first-order valence-electron chi connectivity index (χ1n) is 8.70. The van der Waals surface area contributed by atoms with Crippen molar-refractivity contribution < 1.29 is 18.7 Å². The molecular weight excluding hydrogens is 360 g/mol. The van der Waals surface area contributed by atoms with Gasteiger partial charge in [-0.05, 0) is 42.8 Å². The van der Waals surface area contributed by atoms with Crippen molar-refractivity contribution in [1.82, 2.24) is 15.3 Å². The second-order valence-electron chi connectivity index (χ2n) is 6.02. The summed E-state index contributed by atoms with van der Waals surface area (Å²) in [5.41, 5.74) is 1.94. The molecule has 1 aromatic carbocycles. The zero-order chi connectivity index (χ0) is 19.9. The monoisotopic (exact) mass is 382 g/mol. The van der Waals surface area contributed by atoms with Crippen LogP contribution in [0.3, 0.4) is 0 Å². The molecule has 2 N–H and O–H groups in total. The van der Waals surface area contributed by atoms with Gasteiger partial charge in [-0.15, -0.1) is 0 Å². The Balaban J connectivity index is 1.66. The molecule has 0 unspecified atom stereocenters. The Morgan fingerprint density at radius 1 is 1.07 bits per heavy atom. The number of aryl methyl sites for hydroxylation is 1. The summed E-state index contributed by atoms with van der Waals surface area (Å²) < 4.78 is 15.8. The number of benzene rings is 1. The van der Waals surface area contributed by atoms with Gasteiger partial charge in [0, 0.05) is 12.2 Å². The molecule has 0 radical (unpaired) electrons. The molecule has 3 rings (SSSR count). The number of hydrogen-bond acceptors (Lipinski definition) is 7. The highest BCUT2D eigenvalue weighted by Crippen LogP contribution is 2.27. The number of rotatable bonds is 8. The maximum absolute atomic E-state index is 12.4. The largest absolute Gasteiger partial charge is 0.493 e. The van der Waals surface area contributed by atoms with Crippen LogP contribution in [-0.4, -0.2) is 30.1 Å². The molecular formula is C20H22N4O4. The van der Waals surface area contributed by atoms with Gasteiger partial charge in [-0.25, -0.2) is 9.97 Å². The minimum atomic E-state index is -0.295. The number of hydrogen-bond donors (Lipinski definition) is 2. The zero-order valence-corrected chi connectivity index (χ0v) is 16.0. The topological polar surface area (TPSA) is 98.5 Å². The Kier molecular flexibility index (Phi) is 6.11. The van der Waals surface area contributed by atoms with E-state index in [9.17, 15) is 4.79 Å². The molecule has 28 heavy (non-hydrogen) atoms. The first-order chi connectivity index (χ1) is 13.6. The van der Waals surface area contributed by atoms with E-state index in [2.05, 4.69) is 20.6 Å². The highest BCUT2D eigenvalue weighted by atomic mass is 16.5. The van der Waals surface area contributed by atoms with E-state index in [1.165, 1.54) is 0 Å². The lowest BCUT2D eigenvalue weighted by Gasteiger charge is -2.11. The lowest BCUT2D eigenvalue weighted by atomic mass is 10.2. The minimum Gasteiger partial charge on any atom is -0.493 e. The fourth-order valence-corrected chi connectivity index (χ4v) is 2.61. The summed E-state index contributed by atoms with van der Waals surface area (Å²) in [6.45, 7) is 2.58. The number of nitrogens with one attached hydrogen (secondary N) is 2. The van der Waals surface area contributed by atoms with Crippen molar-refractivity contribution in [3.63, 3.8) is 0 Å². The van der Waals surface area contributed by atoms with E-state index >= 15 is 0 Å².